The molecule has 0 bridgehead atoms. The molecule has 146 valence electrons. The molecule has 0 spiro atoms. The molecule has 1 aromatic carbocycles. The van der Waals surface area contributed by atoms with Crippen LogP contribution in [0.4, 0.5) is 8.78 Å². The van der Waals surface area contributed by atoms with Gasteiger partial charge in [0.2, 0.25) is 0 Å². The van der Waals surface area contributed by atoms with E-state index in [0.717, 1.165) is 37.4 Å². The molecular weight excluding hydrogens is 334 g/mol. The first-order valence-corrected chi connectivity index (χ1v) is 10.1. The summed E-state index contributed by atoms with van der Waals surface area (Å²) in [6.07, 6.45) is 7.78. The fraction of sp³-hybridized carbons (Fsp3) is 0.727. The Bertz CT molecular complexity index is 569. The van der Waals surface area contributed by atoms with Gasteiger partial charge in [-0.1, -0.05) is 18.9 Å². The van der Waals surface area contributed by atoms with Gasteiger partial charge >= 0.3 is 0 Å². The van der Waals surface area contributed by atoms with E-state index in [2.05, 4.69) is 0 Å². The molecule has 0 aromatic heterocycles. The van der Waals surface area contributed by atoms with Gasteiger partial charge in [0, 0.05) is 19.6 Å². The fourth-order valence-corrected chi connectivity index (χ4v) is 5.10. The van der Waals surface area contributed by atoms with Gasteiger partial charge in [-0.05, 0) is 74.0 Å². The summed E-state index contributed by atoms with van der Waals surface area (Å²) in [6.45, 7) is 0.853. The van der Waals surface area contributed by atoms with Crippen molar-refractivity contribution in [2.45, 2.75) is 63.5 Å². The maximum atomic E-state index is 14.9. The van der Waals surface area contributed by atoms with Crippen LogP contribution in [0, 0.1) is 23.6 Å². The molecule has 0 N–H and O–H groups in total. The zero-order valence-corrected chi connectivity index (χ0v) is 16.1. The summed E-state index contributed by atoms with van der Waals surface area (Å²) >= 11 is 0. The molecule has 2 aliphatic rings. The van der Waals surface area contributed by atoms with Crippen LogP contribution in [0.15, 0.2) is 18.2 Å². The summed E-state index contributed by atoms with van der Waals surface area (Å²) in [6, 6.07) is 4.89. The minimum absolute atomic E-state index is 0.176. The van der Waals surface area contributed by atoms with E-state index in [1.165, 1.54) is 38.9 Å². The number of halogens is 2. The van der Waals surface area contributed by atoms with E-state index in [-0.39, 0.29) is 11.7 Å². The van der Waals surface area contributed by atoms with Crippen LogP contribution in [-0.2, 0) is 4.74 Å². The van der Waals surface area contributed by atoms with Gasteiger partial charge in [-0.15, -0.1) is 0 Å². The van der Waals surface area contributed by atoms with Crippen molar-refractivity contribution < 1.29 is 18.3 Å². The van der Waals surface area contributed by atoms with E-state index in [9.17, 15) is 8.78 Å². The first-order valence-electron chi connectivity index (χ1n) is 10.1. The van der Waals surface area contributed by atoms with Gasteiger partial charge in [-0.25, -0.2) is 8.78 Å². The number of methoxy groups -OCH3 is 2. The van der Waals surface area contributed by atoms with Gasteiger partial charge < -0.3 is 9.47 Å². The molecule has 2 aliphatic carbocycles. The smallest absolute Gasteiger partial charge is 0.165 e. The highest BCUT2D eigenvalue weighted by Gasteiger charge is 2.36. The first-order chi connectivity index (χ1) is 12.6. The van der Waals surface area contributed by atoms with E-state index < -0.39 is 12.0 Å². The molecule has 3 unspecified atom stereocenters. The van der Waals surface area contributed by atoms with Crippen LogP contribution in [0.2, 0.25) is 0 Å². The third-order valence-corrected chi connectivity index (χ3v) is 6.71. The summed E-state index contributed by atoms with van der Waals surface area (Å²) < 4.78 is 39.1. The Kier molecular flexibility index (Phi) is 6.91. The monoisotopic (exact) mass is 366 g/mol. The van der Waals surface area contributed by atoms with Crippen LogP contribution in [0.3, 0.4) is 0 Å². The Morgan fingerprint density at radius 3 is 2.35 bits per heavy atom. The van der Waals surface area contributed by atoms with Gasteiger partial charge in [0.1, 0.15) is 6.17 Å². The fourth-order valence-electron chi connectivity index (χ4n) is 5.10. The van der Waals surface area contributed by atoms with E-state index in [1.807, 2.05) is 6.07 Å². The highest BCUT2D eigenvalue weighted by atomic mass is 19.1. The summed E-state index contributed by atoms with van der Waals surface area (Å²) in [5, 5.41) is 0. The molecule has 1 aromatic rings. The largest absolute Gasteiger partial charge is 0.494 e. The zero-order valence-electron chi connectivity index (χ0n) is 16.1. The number of alkyl halides is 1. The van der Waals surface area contributed by atoms with Crippen molar-refractivity contribution in [3.63, 3.8) is 0 Å². The number of hydrogen-bond donors (Lipinski definition) is 0. The Balaban J connectivity index is 1.53. The summed E-state index contributed by atoms with van der Waals surface area (Å²) in [5.41, 5.74) is 0.775. The van der Waals surface area contributed by atoms with Gasteiger partial charge in [0.05, 0.1) is 7.11 Å². The van der Waals surface area contributed by atoms with E-state index >= 15 is 0 Å². The zero-order chi connectivity index (χ0) is 18.5. The average Bonchev–Trinajstić information content (AvgIpc) is 2.66. The first kappa shape index (κ1) is 19.6. The molecule has 0 aliphatic heterocycles. The summed E-state index contributed by atoms with van der Waals surface area (Å²) in [7, 11) is 3.21. The number of rotatable bonds is 6. The molecule has 3 atom stereocenters. The minimum Gasteiger partial charge on any atom is -0.494 e. The molecule has 4 heteroatoms. The molecule has 0 heterocycles. The van der Waals surface area contributed by atoms with Gasteiger partial charge in [0.25, 0.3) is 0 Å². The predicted molar refractivity (Wildman–Crippen MR) is 99.9 cm³/mol. The third-order valence-electron chi connectivity index (χ3n) is 6.71. The van der Waals surface area contributed by atoms with Crippen LogP contribution < -0.4 is 4.74 Å². The third kappa shape index (κ3) is 4.57. The van der Waals surface area contributed by atoms with Crippen molar-refractivity contribution in [1.82, 2.24) is 0 Å². The van der Waals surface area contributed by atoms with E-state index in [1.54, 1.807) is 13.2 Å². The topological polar surface area (TPSA) is 18.5 Å². The lowest BCUT2D eigenvalue weighted by Gasteiger charge is -2.39. The Morgan fingerprint density at radius 1 is 1.00 bits per heavy atom. The molecule has 2 nitrogen and oxygen atoms in total. The molecule has 2 saturated carbocycles. The normalized spacial score (nSPS) is 32.4. The second kappa shape index (κ2) is 9.16. The number of hydrogen-bond acceptors (Lipinski definition) is 2. The molecule has 2 fully saturated rings. The van der Waals surface area contributed by atoms with Gasteiger partial charge in [-0.3, -0.25) is 0 Å². The number of benzene rings is 1. The lowest BCUT2D eigenvalue weighted by atomic mass is 9.67. The Hall–Kier alpha value is -1.16. The van der Waals surface area contributed by atoms with Crippen molar-refractivity contribution in [2.24, 2.45) is 17.8 Å². The molecule has 0 saturated heterocycles. The SMILES string of the molecule is COCCC1CCC(C2CCC(c3ccc(OC)c(F)c3)C(F)C2)CC1. The van der Waals surface area contributed by atoms with E-state index in [0.29, 0.717) is 18.3 Å². The maximum absolute atomic E-state index is 14.9. The van der Waals surface area contributed by atoms with Crippen molar-refractivity contribution >= 4 is 0 Å². The summed E-state index contributed by atoms with van der Waals surface area (Å²) in [5.74, 6) is 1.60. The quantitative estimate of drug-likeness (QED) is 0.624. The summed E-state index contributed by atoms with van der Waals surface area (Å²) in [4.78, 5) is 0. The molecule has 0 radical (unpaired) electrons. The van der Waals surface area contributed by atoms with Crippen LogP contribution in [0.5, 0.6) is 5.75 Å². The average molecular weight is 366 g/mol. The second-order valence-electron chi connectivity index (χ2n) is 8.15. The lowest BCUT2D eigenvalue weighted by Crippen LogP contribution is -2.31. The molecule has 3 rings (SSSR count). The van der Waals surface area contributed by atoms with Crippen LogP contribution in [0.25, 0.3) is 0 Å². The van der Waals surface area contributed by atoms with Crippen LogP contribution in [0.1, 0.15) is 62.8 Å². The molecule has 26 heavy (non-hydrogen) atoms. The van der Waals surface area contributed by atoms with Crippen molar-refractivity contribution in [3.8, 4) is 5.75 Å². The maximum Gasteiger partial charge on any atom is 0.165 e. The standard InChI is InChI=1S/C22H32F2O2/c1-25-12-11-15-3-5-16(6-4-15)17-7-9-19(20(23)13-17)18-8-10-22(26-2)21(24)14-18/h8,10,14-17,19-20H,3-7,9,11-13H2,1-2H3. The predicted octanol–water partition coefficient (Wildman–Crippen LogP) is 5.90. The van der Waals surface area contributed by atoms with E-state index in [4.69, 9.17) is 9.47 Å². The Morgan fingerprint density at radius 2 is 1.73 bits per heavy atom. The van der Waals surface area contributed by atoms with Crippen molar-refractivity contribution in [2.75, 3.05) is 20.8 Å². The highest BCUT2D eigenvalue weighted by molar-refractivity contribution is 5.32. The Labute approximate surface area is 156 Å². The molecule has 0 amide bonds. The van der Waals surface area contributed by atoms with Gasteiger partial charge in [-0.2, -0.15) is 0 Å². The highest BCUT2D eigenvalue weighted by Crippen LogP contribution is 2.45. The van der Waals surface area contributed by atoms with Crippen LogP contribution in [-0.4, -0.2) is 27.0 Å². The lowest BCUT2D eigenvalue weighted by molar-refractivity contribution is 0.0943. The minimum atomic E-state index is -0.868. The molecular formula is C22H32F2O2. The van der Waals surface area contributed by atoms with Crippen LogP contribution >= 0.6 is 0 Å². The van der Waals surface area contributed by atoms with Gasteiger partial charge in [0.15, 0.2) is 11.6 Å². The van der Waals surface area contributed by atoms with Crippen molar-refractivity contribution in [3.05, 3.63) is 29.6 Å². The number of ether oxygens (including phenoxy) is 2. The van der Waals surface area contributed by atoms with Crippen molar-refractivity contribution in [1.29, 1.82) is 0 Å². The second-order valence-corrected chi connectivity index (χ2v) is 8.15.